The molecule has 1 aliphatic heterocycles. The van der Waals surface area contributed by atoms with E-state index < -0.39 is 12.2 Å². The van der Waals surface area contributed by atoms with Crippen LogP contribution in [0, 0.1) is 0 Å². The van der Waals surface area contributed by atoms with Crippen molar-refractivity contribution >= 4 is 0 Å². The molecule has 2 atom stereocenters. The molecule has 0 unspecified atom stereocenters. The summed E-state index contributed by atoms with van der Waals surface area (Å²) in [6, 6.07) is 10.5. The van der Waals surface area contributed by atoms with Crippen LogP contribution in [0.25, 0.3) is 11.1 Å². The van der Waals surface area contributed by atoms with Crippen LogP contribution in [0.3, 0.4) is 0 Å². The molecule has 0 fully saturated rings. The fraction of sp³-hybridized carbons (Fsp3) is 0.308. The Labute approximate surface area is 191 Å². The molecule has 0 bridgehead atoms. The van der Waals surface area contributed by atoms with Gasteiger partial charge >= 0.3 is 0 Å². The third kappa shape index (κ3) is 3.40. The smallest absolute Gasteiger partial charge is 0.200 e. The van der Waals surface area contributed by atoms with E-state index in [4.69, 9.17) is 18.9 Å². The average Bonchev–Trinajstić information content (AvgIpc) is 2.83. The molecule has 3 aromatic rings. The van der Waals surface area contributed by atoms with E-state index in [1.54, 1.807) is 31.4 Å². The zero-order valence-corrected chi connectivity index (χ0v) is 18.7. The van der Waals surface area contributed by atoms with Gasteiger partial charge in [-0.15, -0.1) is 0 Å². The standard InChI is InChI=1S/C26H26O7/c1-30-21-12-20-18(17-6-4-13-8-15(27)5-7-16(13)24(17)21)11-19(28)26(33-20)14-9-22(31-2)25(29)23(10-14)32-3/h5,7-10,12,19,26-29H,4,6,11H2,1-3H3/t19-,26+/m1/s1. The van der Waals surface area contributed by atoms with Gasteiger partial charge in [-0.1, -0.05) is 6.07 Å². The number of benzene rings is 3. The van der Waals surface area contributed by atoms with Crippen LogP contribution in [-0.4, -0.2) is 42.8 Å². The molecule has 2 aliphatic rings. The molecular weight excluding hydrogens is 424 g/mol. The second-order valence-electron chi connectivity index (χ2n) is 8.33. The quantitative estimate of drug-likeness (QED) is 0.554. The van der Waals surface area contributed by atoms with Gasteiger partial charge in [-0.05, 0) is 53.8 Å². The number of phenolic OH excluding ortho intramolecular Hbond substituents is 2. The number of fused-ring (bicyclic) bond motifs is 5. The van der Waals surface area contributed by atoms with E-state index in [0.29, 0.717) is 23.5 Å². The van der Waals surface area contributed by atoms with Crippen LogP contribution in [-0.2, 0) is 19.3 Å². The Balaban J connectivity index is 1.61. The third-order valence-electron chi connectivity index (χ3n) is 6.54. The first-order valence-electron chi connectivity index (χ1n) is 10.8. The van der Waals surface area contributed by atoms with Crippen molar-refractivity contribution in [3.63, 3.8) is 0 Å². The first-order valence-corrected chi connectivity index (χ1v) is 10.8. The molecule has 33 heavy (non-hydrogen) atoms. The lowest BCUT2D eigenvalue weighted by molar-refractivity contribution is 0.0201. The lowest BCUT2D eigenvalue weighted by atomic mass is 9.80. The molecule has 0 saturated carbocycles. The van der Waals surface area contributed by atoms with Crippen molar-refractivity contribution in [2.45, 2.75) is 31.5 Å². The molecule has 7 heteroatoms. The molecule has 7 nitrogen and oxygen atoms in total. The monoisotopic (exact) mass is 450 g/mol. The summed E-state index contributed by atoms with van der Waals surface area (Å²) in [6.45, 7) is 0. The molecule has 0 radical (unpaired) electrons. The molecule has 0 saturated heterocycles. The van der Waals surface area contributed by atoms with Crippen LogP contribution < -0.4 is 18.9 Å². The minimum atomic E-state index is -0.810. The molecule has 1 aliphatic carbocycles. The highest BCUT2D eigenvalue weighted by Crippen LogP contribution is 2.49. The number of aryl methyl sites for hydroxylation is 1. The van der Waals surface area contributed by atoms with Gasteiger partial charge in [0.1, 0.15) is 17.2 Å². The van der Waals surface area contributed by atoms with Gasteiger partial charge in [-0.25, -0.2) is 0 Å². The highest BCUT2D eigenvalue weighted by atomic mass is 16.5. The lowest BCUT2D eigenvalue weighted by Crippen LogP contribution is -2.31. The molecule has 3 N–H and O–H groups in total. The maximum absolute atomic E-state index is 11.1. The predicted molar refractivity (Wildman–Crippen MR) is 122 cm³/mol. The van der Waals surface area contributed by atoms with Crippen molar-refractivity contribution in [1.29, 1.82) is 0 Å². The number of rotatable bonds is 4. The van der Waals surface area contributed by atoms with E-state index in [9.17, 15) is 15.3 Å². The maximum atomic E-state index is 11.1. The summed E-state index contributed by atoms with van der Waals surface area (Å²) in [4.78, 5) is 0. The number of aliphatic hydroxyl groups excluding tert-OH is 1. The highest BCUT2D eigenvalue weighted by Gasteiger charge is 2.35. The number of aromatic hydroxyl groups is 2. The Bertz CT molecular complexity index is 1210. The summed E-state index contributed by atoms with van der Waals surface area (Å²) >= 11 is 0. The van der Waals surface area contributed by atoms with Gasteiger partial charge in [0.15, 0.2) is 17.6 Å². The molecule has 172 valence electrons. The first-order chi connectivity index (χ1) is 15.9. The summed E-state index contributed by atoms with van der Waals surface area (Å²) < 4.78 is 22.6. The summed E-state index contributed by atoms with van der Waals surface area (Å²) in [5.41, 5.74) is 5.78. The van der Waals surface area contributed by atoms with Crippen LogP contribution in [0.5, 0.6) is 34.5 Å². The van der Waals surface area contributed by atoms with E-state index in [2.05, 4.69) is 0 Å². The van der Waals surface area contributed by atoms with Crippen molar-refractivity contribution in [1.82, 2.24) is 0 Å². The lowest BCUT2D eigenvalue weighted by Gasteiger charge is -2.35. The second kappa shape index (κ2) is 8.08. The van der Waals surface area contributed by atoms with Crippen LogP contribution in [0.2, 0.25) is 0 Å². The number of aliphatic hydroxyl groups is 1. The normalized spacial score (nSPS) is 18.4. The number of phenols is 2. The van der Waals surface area contributed by atoms with Gasteiger partial charge in [0.2, 0.25) is 5.75 Å². The van der Waals surface area contributed by atoms with E-state index >= 15 is 0 Å². The van der Waals surface area contributed by atoms with Crippen molar-refractivity contribution in [2.75, 3.05) is 21.3 Å². The second-order valence-corrected chi connectivity index (χ2v) is 8.33. The first kappa shape index (κ1) is 21.3. The zero-order chi connectivity index (χ0) is 23.3. The summed E-state index contributed by atoms with van der Waals surface area (Å²) in [7, 11) is 4.54. The van der Waals surface area contributed by atoms with Crippen molar-refractivity contribution in [2.24, 2.45) is 0 Å². The summed E-state index contributed by atoms with van der Waals surface area (Å²) in [5.74, 6) is 1.98. The SMILES string of the molecule is COc1cc([C@@H]2Oc3cc(OC)c4c(c3C[C@H]2O)CCc2cc(O)ccc2-4)cc(OC)c1O. The minimum absolute atomic E-state index is 0.102. The van der Waals surface area contributed by atoms with Crippen molar-refractivity contribution < 1.29 is 34.3 Å². The fourth-order valence-electron chi connectivity index (χ4n) is 4.98. The van der Waals surface area contributed by atoms with Crippen LogP contribution >= 0.6 is 0 Å². The summed E-state index contributed by atoms with van der Waals surface area (Å²) in [6.07, 6.45) is 0.465. The van der Waals surface area contributed by atoms with Crippen LogP contribution in [0.15, 0.2) is 36.4 Å². The third-order valence-corrected chi connectivity index (χ3v) is 6.54. The van der Waals surface area contributed by atoms with E-state index in [1.807, 2.05) is 12.1 Å². The van der Waals surface area contributed by atoms with Gasteiger partial charge in [0.25, 0.3) is 0 Å². The van der Waals surface area contributed by atoms with E-state index in [0.717, 1.165) is 40.7 Å². The Morgan fingerprint density at radius 1 is 0.848 bits per heavy atom. The van der Waals surface area contributed by atoms with Gasteiger partial charge < -0.3 is 34.3 Å². The van der Waals surface area contributed by atoms with Gasteiger partial charge in [-0.3, -0.25) is 0 Å². The van der Waals surface area contributed by atoms with Crippen LogP contribution in [0.4, 0.5) is 0 Å². The number of methoxy groups -OCH3 is 3. The molecule has 0 spiro atoms. The average molecular weight is 450 g/mol. The van der Waals surface area contributed by atoms with E-state index in [-0.39, 0.29) is 23.0 Å². The van der Waals surface area contributed by atoms with Crippen molar-refractivity contribution in [3.8, 4) is 45.6 Å². The number of hydrogen-bond acceptors (Lipinski definition) is 7. The van der Waals surface area contributed by atoms with Gasteiger partial charge in [0.05, 0.1) is 27.4 Å². The predicted octanol–water partition coefficient (Wildman–Crippen LogP) is 3.93. The van der Waals surface area contributed by atoms with Gasteiger partial charge in [0, 0.05) is 29.2 Å². The largest absolute Gasteiger partial charge is 0.508 e. The number of hydrogen-bond donors (Lipinski definition) is 3. The fourth-order valence-corrected chi connectivity index (χ4v) is 4.98. The summed E-state index contributed by atoms with van der Waals surface area (Å²) in [5, 5.41) is 31.2. The Hall–Kier alpha value is -3.58. The zero-order valence-electron chi connectivity index (χ0n) is 18.7. The van der Waals surface area contributed by atoms with Crippen molar-refractivity contribution in [3.05, 3.63) is 58.7 Å². The Morgan fingerprint density at radius 2 is 1.55 bits per heavy atom. The number of ether oxygens (including phenoxy) is 4. The van der Waals surface area contributed by atoms with Gasteiger partial charge in [-0.2, -0.15) is 0 Å². The Kier molecular flexibility index (Phi) is 5.21. The molecule has 0 amide bonds. The molecule has 0 aromatic heterocycles. The molecule has 3 aromatic carbocycles. The molecule has 5 rings (SSSR count). The highest BCUT2D eigenvalue weighted by molar-refractivity contribution is 5.82. The topological polar surface area (TPSA) is 97.6 Å². The Morgan fingerprint density at radius 3 is 2.21 bits per heavy atom. The minimum Gasteiger partial charge on any atom is -0.508 e. The van der Waals surface area contributed by atoms with E-state index in [1.165, 1.54) is 14.2 Å². The maximum Gasteiger partial charge on any atom is 0.200 e. The molecular formula is C26H26O7. The molecule has 1 heterocycles. The van der Waals surface area contributed by atoms with Crippen LogP contribution in [0.1, 0.15) is 28.4 Å².